The first-order valence-electron chi connectivity index (χ1n) is 7.46. The van der Waals surface area contributed by atoms with E-state index in [1.807, 2.05) is 30.3 Å². The van der Waals surface area contributed by atoms with Gasteiger partial charge in [-0.3, -0.25) is 4.79 Å². The van der Waals surface area contributed by atoms with Crippen molar-refractivity contribution in [2.75, 3.05) is 6.54 Å². The van der Waals surface area contributed by atoms with Crippen LogP contribution < -0.4 is 10.6 Å². The van der Waals surface area contributed by atoms with Gasteiger partial charge in [0.1, 0.15) is 0 Å². The number of carboxylic acids is 1. The molecule has 0 radical (unpaired) electrons. The minimum Gasteiger partial charge on any atom is -0.481 e. The number of hydrogen-bond acceptors (Lipinski definition) is 2. The maximum absolute atomic E-state index is 11.8. The van der Waals surface area contributed by atoms with Crippen LogP contribution in [0.15, 0.2) is 30.3 Å². The van der Waals surface area contributed by atoms with Crippen molar-refractivity contribution < 1.29 is 14.7 Å². The van der Waals surface area contributed by atoms with Crippen molar-refractivity contribution in [2.24, 2.45) is 5.92 Å². The van der Waals surface area contributed by atoms with Crippen LogP contribution in [-0.4, -0.2) is 29.7 Å². The van der Waals surface area contributed by atoms with Crippen LogP contribution in [0.25, 0.3) is 0 Å². The molecule has 21 heavy (non-hydrogen) atoms. The highest BCUT2D eigenvalue weighted by molar-refractivity contribution is 5.74. The Kier molecular flexibility index (Phi) is 5.60. The fourth-order valence-electron chi connectivity index (χ4n) is 2.69. The number of rotatable bonds is 5. The first kappa shape index (κ1) is 15.4. The van der Waals surface area contributed by atoms with Gasteiger partial charge >= 0.3 is 12.0 Å². The summed E-state index contributed by atoms with van der Waals surface area (Å²) in [5.74, 6) is -0.968. The third-order valence-corrected chi connectivity index (χ3v) is 3.95. The van der Waals surface area contributed by atoms with Crippen LogP contribution in [0.5, 0.6) is 0 Å². The van der Waals surface area contributed by atoms with Gasteiger partial charge in [-0.05, 0) is 37.7 Å². The van der Waals surface area contributed by atoms with E-state index >= 15 is 0 Å². The van der Waals surface area contributed by atoms with Crippen LogP contribution in [0.2, 0.25) is 0 Å². The number of carboxylic acid groups (broad SMARTS) is 1. The van der Waals surface area contributed by atoms with Crippen LogP contribution in [-0.2, 0) is 11.2 Å². The normalized spacial score (nSPS) is 21.5. The molecule has 1 aromatic rings. The minimum atomic E-state index is -0.722. The first-order chi connectivity index (χ1) is 10.1. The molecule has 0 aliphatic heterocycles. The highest BCUT2D eigenvalue weighted by atomic mass is 16.4. The molecule has 1 fully saturated rings. The number of urea groups is 1. The molecule has 3 N–H and O–H groups in total. The number of carbonyl (C=O) groups is 2. The summed E-state index contributed by atoms with van der Waals surface area (Å²) in [5.41, 5.74) is 1.19. The van der Waals surface area contributed by atoms with Gasteiger partial charge in [0.05, 0.1) is 5.92 Å². The summed E-state index contributed by atoms with van der Waals surface area (Å²) >= 11 is 0. The van der Waals surface area contributed by atoms with E-state index in [1.54, 1.807) is 0 Å². The molecule has 1 aliphatic rings. The van der Waals surface area contributed by atoms with Gasteiger partial charge in [-0.2, -0.15) is 0 Å². The van der Waals surface area contributed by atoms with E-state index in [4.69, 9.17) is 5.11 Å². The lowest BCUT2D eigenvalue weighted by atomic mass is 9.86. The Morgan fingerprint density at radius 3 is 2.38 bits per heavy atom. The quantitative estimate of drug-likeness (QED) is 0.777. The highest BCUT2D eigenvalue weighted by Crippen LogP contribution is 2.24. The number of amides is 2. The van der Waals surface area contributed by atoms with Crippen molar-refractivity contribution >= 4 is 12.0 Å². The summed E-state index contributed by atoms with van der Waals surface area (Å²) in [4.78, 5) is 22.6. The topological polar surface area (TPSA) is 78.4 Å². The Labute approximate surface area is 124 Å². The summed E-state index contributed by atoms with van der Waals surface area (Å²) in [5, 5.41) is 14.7. The lowest BCUT2D eigenvalue weighted by molar-refractivity contribution is -0.142. The predicted molar refractivity (Wildman–Crippen MR) is 80.1 cm³/mol. The van der Waals surface area contributed by atoms with E-state index in [1.165, 1.54) is 5.56 Å². The molecule has 0 atom stereocenters. The van der Waals surface area contributed by atoms with Crippen molar-refractivity contribution in [2.45, 2.75) is 38.1 Å². The van der Waals surface area contributed by atoms with Crippen molar-refractivity contribution in [3.63, 3.8) is 0 Å². The second kappa shape index (κ2) is 7.67. The average Bonchev–Trinajstić information content (AvgIpc) is 2.49. The molecule has 1 aliphatic carbocycles. The summed E-state index contributed by atoms with van der Waals surface area (Å²) in [6, 6.07) is 9.94. The maximum Gasteiger partial charge on any atom is 0.315 e. The van der Waals surface area contributed by atoms with Crippen molar-refractivity contribution in [1.82, 2.24) is 10.6 Å². The smallest absolute Gasteiger partial charge is 0.315 e. The van der Waals surface area contributed by atoms with Crippen molar-refractivity contribution in [3.8, 4) is 0 Å². The van der Waals surface area contributed by atoms with Crippen LogP contribution in [0.1, 0.15) is 31.2 Å². The Hall–Kier alpha value is -2.04. The number of carbonyl (C=O) groups excluding carboxylic acids is 1. The minimum absolute atomic E-state index is 0.0947. The Morgan fingerprint density at radius 1 is 1.10 bits per heavy atom. The van der Waals surface area contributed by atoms with E-state index < -0.39 is 5.97 Å². The lowest BCUT2D eigenvalue weighted by Gasteiger charge is -2.26. The van der Waals surface area contributed by atoms with Gasteiger partial charge in [-0.1, -0.05) is 30.3 Å². The van der Waals surface area contributed by atoms with Gasteiger partial charge in [-0.25, -0.2) is 4.79 Å². The molecule has 1 saturated carbocycles. The van der Waals surface area contributed by atoms with Gasteiger partial charge < -0.3 is 15.7 Å². The third kappa shape index (κ3) is 5.10. The largest absolute Gasteiger partial charge is 0.481 e. The second-order valence-electron chi connectivity index (χ2n) is 5.52. The molecule has 1 aromatic carbocycles. The third-order valence-electron chi connectivity index (χ3n) is 3.95. The summed E-state index contributed by atoms with van der Waals surface area (Å²) in [7, 11) is 0. The predicted octanol–water partition coefficient (Wildman–Crippen LogP) is 2.17. The van der Waals surface area contributed by atoms with Crippen molar-refractivity contribution in [1.29, 1.82) is 0 Å². The zero-order valence-corrected chi connectivity index (χ0v) is 12.0. The number of aliphatic carboxylic acids is 1. The molecule has 0 aromatic heterocycles. The maximum atomic E-state index is 11.8. The van der Waals surface area contributed by atoms with Gasteiger partial charge in [0.15, 0.2) is 0 Å². The molecule has 5 heteroatoms. The molecule has 0 bridgehead atoms. The Morgan fingerprint density at radius 2 is 1.76 bits per heavy atom. The SMILES string of the molecule is O=C(NCCc1ccccc1)NC1CCC(C(=O)O)CC1. The molecule has 114 valence electrons. The molecule has 0 heterocycles. The number of benzene rings is 1. The van der Waals surface area contributed by atoms with Crippen LogP contribution in [0.3, 0.4) is 0 Å². The Balaban J connectivity index is 1.63. The second-order valence-corrected chi connectivity index (χ2v) is 5.52. The van der Waals surface area contributed by atoms with Gasteiger partial charge in [-0.15, -0.1) is 0 Å². The summed E-state index contributed by atoms with van der Waals surface area (Å²) < 4.78 is 0. The number of hydrogen-bond donors (Lipinski definition) is 3. The zero-order chi connectivity index (χ0) is 15.1. The summed E-state index contributed by atoms with van der Waals surface area (Å²) in [6.07, 6.45) is 3.57. The molecule has 0 saturated heterocycles. The molecular formula is C16H22N2O3. The van der Waals surface area contributed by atoms with E-state index in [0.29, 0.717) is 19.4 Å². The lowest BCUT2D eigenvalue weighted by Crippen LogP contribution is -2.44. The molecule has 0 unspecified atom stereocenters. The van der Waals surface area contributed by atoms with Crippen LogP contribution in [0.4, 0.5) is 4.79 Å². The average molecular weight is 290 g/mol. The fourth-order valence-corrected chi connectivity index (χ4v) is 2.69. The van der Waals surface area contributed by atoms with E-state index in [2.05, 4.69) is 10.6 Å². The van der Waals surface area contributed by atoms with Crippen LogP contribution in [0, 0.1) is 5.92 Å². The monoisotopic (exact) mass is 290 g/mol. The van der Waals surface area contributed by atoms with E-state index in [-0.39, 0.29) is 18.0 Å². The van der Waals surface area contributed by atoms with Gasteiger partial charge in [0.2, 0.25) is 0 Å². The van der Waals surface area contributed by atoms with Gasteiger partial charge in [0, 0.05) is 12.6 Å². The Bertz CT molecular complexity index is 468. The fraction of sp³-hybridized carbons (Fsp3) is 0.500. The highest BCUT2D eigenvalue weighted by Gasteiger charge is 2.26. The molecule has 2 rings (SSSR count). The van der Waals surface area contributed by atoms with Crippen LogP contribution >= 0.6 is 0 Å². The first-order valence-corrected chi connectivity index (χ1v) is 7.46. The molecule has 0 spiro atoms. The number of nitrogens with one attached hydrogen (secondary N) is 2. The van der Waals surface area contributed by atoms with Crippen molar-refractivity contribution in [3.05, 3.63) is 35.9 Å². The van der Waals surface area contributed by atoms with Gasteiger partial charge in [0.25, 0.3) is 0 Å². The molecule has 2 amide bonds. The summed E-state index contributed by atoms with van der Waals surface area (Å²) in [6.45, 7) is 0.598. The standard InChI is InChI=1S/C16H22N2O3/c19-15(20)13-6-8-14(9-7-13)18-16(21)17-11-10-12-4-2-1-3-5-12/h1-5,13-14H,6-11H2,(H,19,20)(H2,17,18,21). The van der Waals surface area contributed by atoms with E-state index in [0.717, 1.165) is 19.3 Å². The van der Waals surface area contributed by atoms with E-state index in [9.17, 15) is 9.59 Å². The molecule has 5 nitrogen and oxygen atoms in total. The molecular weight excluding hydrogens is 268 g/mol. The zero-order valence-electron chi connectivity index (χ0n) is 12.0.